The SMILES string of the molecule is CCc1cccc(CC)c1NC(=O)c1ccccc1NC(=O)CCCC(=O)[O-]. The van der Waals surface area contributed by atoms with Crippen molar-refractivity contribution in [3.05, 3.63) is 59.2 Å². The summed E-state index contributed by atoms with van der Waals surface area (Å²) >= 11 is 0. The Morgan fingerprint density at radius 3 is 2.11 bits per heavy atom. The van der Waals surface area contributed by atoms with Gasteiger partial charge in [0.2, 0.25) is 5.91 Å². The maximum atomic E-state index is 12.9. The highest BCUT2D eigenvalue weighted by atomic mass is 16.4. The molecule has 0 aliphatic rings. The molecule has 148 valence electrons. The molecule has 2 amide bonds. The predicted octanol–water partition coefficient (Wildman–Crippen LogP) is 2.92. The molecule has 6 nitrogen and oxygen atoms in total. The van der Waals surface area contributed by atoms with Crippen LogP contribution in [0.1, 0.15) is 54.6 Å². The molecule has 6 heteroatoms. The third kappa shape index (κ3) is 5.67. The van der Waals surface area contributed by atoms with E-state index in [0.29, 0.717) is 11.3 Å². The number of hydrogen-bond acceptors (Lipinski definition) is 4. The highest BCUT2D eigenvalue weighted by molar-refractivity contribution is 6.10. The number of benzene rings is 2. The summed E-state index contributed by atoms with van der Waals surface area (Å²) in [5.74, 6) is -1.83. The molecular weight excluding hydrogens is 356 g/mol. The fourth-order valence-electron chi connectivity index (χ4n) is 2.98. The van der Waals surface area contributed by atoms with E-state index in [2.05, 4.69) is 10.6 Å². The van der Waals surface area contributed by atoms with Gasteiger partial charge in [-0.15, -0.1) is 0 Å². The van der Waals surface area contributed by atoms with Crippen molar-refractivity contribution in [2.75, 3.05) is 10.6 Å². The molecule has 2 rings (SSSR count). The minimum atomic E-state index is -1.19. The summed E-state index contributed by atoms with van der Waals surface area (Å²) in [6.07, 6.45) is 1.64. The number of anilines is 2. The van der Waals surface area contributed by atoms with E-state index in [4.69, 9.17) is 0 Å². The van der Waals surface area contributed by atoms with Crippen LogP contribution < -0.4 is 15.7 Å². The first-order chi connectivity index (χ1) is 13.5. The normalized spacial score (nSPS) is 10.4. The Bertz CT molecular complexity index is 839. The van der Waals surface area contributed by atoms with Crippen LogP contribution in [0.15, 0.2) is 42.5 Å². The van der Waals surface area contributed by atoms with Gasteiger partial charge in [-0.1, -0.05) is 44.2 Å². The van der Waals surface area contributed by atoms with Crippen molar-refractivity contribution in [3.8, 4) is 0 Å². The van der Waals surface area contributed by atoms with Crippen LogP contribution in [-0.4, -0.2) is 17.8 Å². The summed E-state index contributed by atoms with van der Waals surface area (Å²) in [4.78, 5) is 35.4. The highest BCUT2D eigenvalue weighted by Crippen LogP contribution is 2.25. The van der Waals surface area contributed by atoms with Gasteiger partial charge in [-0.05, 0) is 48.9 Å². The maximum Gasteiger partial charge on any atom is 0.257 e. The van der Waals surface area contributed by atoms with Gasteiger partial charge in [0, 0.05) is 18.1 Å². The number of aliphatic carboxylic acids is 1. The molecular formula is C22H25N2O4-. The van der Waals surface area contributed by atoms with Crippen molar-refractivity contribution in [1.29, 1.82) is 0 Å². The number of hydrogen-bond donors (Lipinski definition) is 2. The number of amides is 2. The smallest absolute Gasteiger partial charge is 0.257 e. The lowest BCUT2D eigenvalue weighted by atomic mass is 10.0. The van der Waals surface area contributed by atoms with Crippen molar-refractivity contribution >= 4 is 29.2 Å². The first-order valence-electron chi connectivity index (χ1n) is 9.47. The monoisotopic (exact) mass is 381 g/mol. The fraction of sp³-hybridized carbons (Fsp3) is 0.318. The second-order valence-corrected chi connectivity index (χ2v) is 6.43. The van der Waals surface area contributed by atoms with Crippen LogP contribution in [0.4, 0.5) is 11.4 Å². The molecule has 2 N–H and O–H groups in total. The van der Waals surface area contributed by atoms with Gasteiger partial charge in [0.05, 0.1) is 11.3 Å². The van der Waals surface area contributed by atoms with Crippen LogP contribution in [0, 0.1) is 0 Å². The predicted molar refractivity (Wildman–Crippen MR) is 107 cm³/mol. The van der Waals surface area contributed by atoms with Crippen molar-refractivity contribution in [1.82, 2.24) is 0 Å². The van der Waals surface area contributed by atoms with Crippen LogP contribution >= 0.6 is 0 Å². The Hall–Kier alpha value is -3.15. The molecule has 0 spiro atoms. The second kappa shape index (κ2) is 10.3. The number of aryl methyl sites for hydroxylation is 2. The zero-order chi connectivity index (χ0) is 20.5. The van der Waals surface area contributed by atoms with Crippen LogP contribution in [-0.2, 0) is 22.4 Å². The third-order valence-corrected chi connectivity index (χ3v) is 4.47. The van der Waals surface area contributed by atoms with Crippen LogP contribution in [0.5, 0.6) is 0 Å². The second-order valence-electron chi connectivity index (χ2n) is 6.43. The van der Waals surface area contributed by atoms with Crippen LogP contribution in [0.3, 0.4) is 0 Å². The molecule has 28 heavy (non-hydrogen) atoms. The Morgan fingerprint density at radius 1 is 0.857 bits per heavy atom. The average Bonchev–Trinajstić information content (AvgIpc) is 2.68. The van der Waals surface area contributed by atoms with Crippen LogP contribution in [0.25, 0.3) is 0 Å². The fourth-order valence-corrected chi connectivity index (χ4v) is 2.98. The largest absolute Gasteiger partial charge is 0.550 e. The minimum Gasteiger partial charge on any atom is -0.550 e. The molecule has 0 saturated heterocycles. The van der Waals surface area contributed by atoms with Crippen molar-refractivity contribution < 1.29 is 19.5 Å². The van der Waals surface area contributed by atoms with Gasteiger partial charge < -0.3 is 20.5 Å². The molecule has 0 aliphatic carbocycles. The van der Waals surface area contributed by atoms with Gasteiger partial charge >= 0.3 is 0 Å². The number of carboxylic acid groups (broad SMARTS) is 1. The number of nitrogens with one attached hydrogen (secondary N) is 2. The van der Waals surface area contributed by atoms with Crippen LogP contribution in [0.2, 0.25) is 0 Å². The third-order valence-electron chi connectivity index (χ3n) is 4.47. The first kappa shape index (κ1) is 21.2. The number of rotatable bonds is 9. The van der Waals surface area contributed by atoms with Gasteiger partial charge in [-0.3, -0.25) is 9.59 Å². The average molecular weight is 381 g/mol. The van der Waals surface area contributed by atoms with E-state index in [9.17, 15) is 19.5 Å². The summed E-state index contributed by atoms with van der Waals surface area (Å²) in [6, 6.07) is 12.7. The standard InChI is InChI=1S/C22H26N2O4/c1-3-15-9-7-10-16(4-2)21(15)24-22(28)17-11-5-6-12-18(17)23-19(25)13-8-14-20(26)27/h5-7,9-12H,3-4,8,13-14H2,1-2H3,(H,23,25)(H,24,28)(H,26,27)/p-1. The zero-order valence-corrected chi connectivity index (χ0v) is 16.2. The lowest BCUT2D eigenvalue weighted by molar-refractivity contribution is -0.305. The van der Waals surface area contributed by atoms with E-state index in [1.807, 2.05) is 32.0 Å². The van der Waals surface area contributed by atoms with Crippen molar-refractivity contribution in [2.45, 2.75) is 46.0 Å². The molecule has 2 aromatic carbocycles. The molecule has 0 fully saturated rings. The zero-order valence-electron chi connectivity index (χ0n) is 16.2. The highest BCUT2D eigenvalue weighted by Gasteiger charge is 2.16. The maximum absolute atomic E-state index is 12.9. The summed E-state index contributed by atoms with van der Waals surface area (Å²) < 4.78 is 0. The molecule has 0 atom stereocenters. The molecule has 0 heterocycles. The van der Waals surface area contributed by atoms with Gasteiger partial charge in [0.15, 0.2) is 0 Å². The van der Waals surface area contributed by atoms with E-state index in [-0.39, 0.29) is 31.1 Å². The van der Waals surface area contributed by atoms with Crippen molar-refractivity contribution in [3.63, 3.8) is 0 Å². The van der Waals surface area contributed by atoms with Gasteiger partial charge in [-0.2, -0.15) is 0 Å². The van der Waals surface area contributed by atoms with E-state index >= 15 is 0 Å². The van der Waals surface area contributed by atoms with E-state index in [1.54, 1.807) is 24.3 Å². The van der Waals surface area contributed by atoms with E-state index in [1.165, 1.54) is 0 Å². The number of carbonyl (C=O) groups excluding carboxylic acids is 3. The summed E-state index contributed by atoms with van der Waals surface area (Å²) in [5, 5.41) is 16.2. The molecule has 0 bridgehead atoms. The Kier molecular flexibility index (Phi) is 7.75. The quantitative estimate of drug-likeness (QED) is 0.698. The summed E-state index contributed by atoms with van der Waals surface area (Å²) in [5.41, 5.74) is 3.66. The summed E-state index contributed by atoms with van der Waals surface area (Å²) in [6.45, 7) is 4.07. The number of para-hydroxylation sites is 2. The molecule has 0 aromatic heterocycles. The molecule has 2 aromatic rings. The lowest BCUT2D eigenvalue weighted by Gasteiger charge is -2.16. The van der Waals surface area contributed by atoms with E-state index in [0.717, 1.165) is 29.7 Å². The molecule has 0 saturated carbocycles. The minimum absolute atomic E-state index is 0.0442. The Balaban J connectivity index is 2.17. The molecule has 0 unspecified atom stereocenters. The Morgan fingerprint density at radius 2 is 1.50 bits per heavy atom. The van der Waals surface area contributed by atoms with Gasteiger partial charge in [0.25, 0.3) is 5.91 Å². The topological polar surface area (TPSA) is 98.3 Å². The van der Waals surface area contributed by atoms with Gasteiger partial charge in [-0.25, -0.2) is 0 Å². The first-order valence-corrected chi connectivity index (χ1v) is 9.47. The lowest BCUT2D eigenvalue weighted by Crippen LogP contribution is -2.23. The van der Waals surface area contributed by atoms with Gasteiger partial charge in [0.1, 0.15) is 0 Å². The summed E-state index contributed by atoms with van der Waals surface area (Å²) in [7, 11) is 0. The molecule has 0 aliphatic heterocycles. The van der Waals surface area contributed by atoms with Crippen molar-refractivity contribution in [2.24, 2.45) is 0 Å². The molecule has 0 radical (unpaired) electrons. The number of carboxylic acids is 1. The Labute approximate surface area is 165 Å². The number of carbonyl (C=O) groups is 3. The van der Waals surface area contributed by atoms with E-state index < -0.39 is 5.97 Å².